The van der Waals surface area contributed by atoms with Gasteiger partial charge < -0.3 is 9.88 Å². The minimum atomic E-state index is -4.56. The molecular weight excluding hydrogens is 455 g/mol. The van der Waals surface area contributed by atoms with Crippen LogP contribution in [0.25, 0.3) is 17.1 Å². The van der Waals surface area contributed by atoms with Crippen LogP contribution in [0.4, 0.5) is 18.9 Å². The number of anilines is 1. The molecule has 0 atom stereocenters. The van der Waals surface area contributed by atoms with Gasteiger partial charge in [0, 0.05) is 12.6 Å². The predicted molar refractivity (Wildman–Crippen MR) is 117 cm³/mol. The van der Waals surface area contributed by atoms with Crippen molar-refractivity contribution in [2.75, 3.05) is 11.1 Å². The van der Waals surface area contributed by atoms with Crippen LogP contribution >= 0.6 is 11.8 Å². The molecule has 0 unspecified atom stereocenters. The third-order valence-electron chi connectivity index (χ3n) is 4.74. The lowest BCUT2D eigenvalue weighted by atomic mass is 10.1. The summed E-state index contributed by atoms with van der Waals surface area (Å²) in [4.78, 5) is 16.4. The van der Waals surface area contributed by atoms with Gasteiger partial charge in [-0.15, -0.1) is 10.2 Å². The Morgan fingerprint density at radius 2 is 1.88 bits per heavy atom. The van der Waals surface area contributed by atoms with Crippen LogP contribution < -0.4 is 5.32 Å². The molecule has 8 nitrogen and oxygen atoms in total. The molecule has 0 aliphatic heterocycles. The number of benzene rings is 2. The molecule has 0 aliphatic carbocycles. The van der Waals surface area contributed by atoms with E-state index < -0.39 is 17.6 Å². The van der Waals surface area contributed by atoms with Crippen molar-refractivity contribution in [3.05, 3.63) is 66.2 Å². The van der Waals surface area contributed by atoms with Crippen molar-refractivity contribution in [2.24, 2.45) is 7.05 Å². The fourth-order valence-electron chi connectivity index (χ4n) is 3.06. The molecule has 0 saturated carbocycles. The molecule has 4 rings (SSSR count). The Hall–Kier alpha value is -3.67. The van der Waals surface area contributed by atoms with E-state index in [2.05, 4.69) is 25.6 Å². The van der Waals surface area contributed by atoms with Gasteiger partial charge in [0.1, 0.15) is 12.7 Å². The van der Waals surface area contributed by atoms with E-state index in [1.807, 2.05) is 31.2 Å². The third-order valence-corrected chi connectivity index (χ3v) is 5.76. The number of hydrogen-bond donors (Lipinski definition) is 1. The van der Waals surface area contributed by atoms with Gasteiger partial charge in [0.25, 0.3) is 0 Å². The zero-order valence-electron chi connectivity index (χ0n) is 17.5. The molecule has 2 aromatic heterocycles. The molecule has 12 heteroatoms. The number of hydrogen-bond acceptors (Lipinski definition) is 6. The van der Waals surface area contributed by atoms with Gasteiger partial charge in [0.2, 0.25) is 5.91 Å². The Kier molecular flexibility index (Phi) is 6.18. The molecule has 2 aromatic carbocycles. The average molecular weight is 473 g/mol. The van der Waals surface area contributed by atoms with Gasteiger partial charge in [-0.25, -0.2) is 9.67 Å². The summed E-state index contributed by atoms with van der Waals surface area (Å²) >= 11 is 1.13. The fourth-order valence-corrected chi connectivity index (χ4v) is 3.77. The summed E-state index contributed by atoms with van der Waals surface area (Å²) in [6.07, 6.45) is -1.97. The van der Waals surface area contributed by atoms with Gasteiger partial charge in [-0.3, -0.25) is 4.79 Å². The lowest BCUT2D eigenvalue weighted by Crippen LogP contribution is -2.17. The molecule has 0 saturated heterocycles. The van der Waals surface area contributed by atoms with Gasteiger partial charge in [-0.1, -0.05) is 41.6 Å². The van der Waals surface area contributed by atoms with Crippen LogP contribution in [0.1, 0.15) is 11.1 Å². The fraction of sp³-hybridized carbons (Fsp3) is 0.190. The highest BCUT2D eigenvalue weighted by Gasteiger charge is 2.31. The molecule has 0 aliphatic rings. The SMILES string of the molecule is Cc1ccc(-c2nnc(SCC(=O)Nc3cc(C(F)(F)F)ccc3-n3cncn3)n2C)cc1. The number of aromatic nitrogens is 6. The highest BCUT2D eigenvalue weighted by Crippen LogP contribution is 2.33. The van der Waals surface area contributed by atoms with E-state index in [0.717, 1.165) is 35.0 Å². The first-order valence-corrected chi connectivity index (χ1v) is 10.7. The maximum atomic E-state index is 13.2. The summed E-state index contributed by atoms with van der Waals surface area (Å²) < 4.78 is 42.6. The largest absolute Gasteiger partial charge is 0.416 e. The highest BCUT2D eigenvalue weighted by molar-refractivity contribution is 7.99. The van der Waals surface area contributed by atoms with E-state index in [9.17, 15) is 18.0 Å². The van der Waals surface area contributed by atoms with E-state index in [-0.39, 0.29) is 17.1 Å². The normalized spacial score (nSPS) is 11.5. The number of rotatable bonds is 6. The number of halogens is 3. The molecule has 0 radical (unpaired) electrons. The van der Waals surface area contributed by atoms with E-state index in [0.29, 0.717) is 11.0 Å². The first kappa shape index (κ1) is 22.5. The van der Waals surface area contributed by atoms with Crippen LogP contribution in [-0.4, -0.2) is 41.2 Å². The molecule has 33 heavy (non-hydrogen) atoms. The lowest BCUT2D eigenvalue weighted by Gasteiger charge is -2.14. The van der Waals surface area contributed by atoms with E-state index in [4.69, 9.17) is 0 Å². The van der Waals surface area contributed by atoms with Crippen LogP contribution in [0, 0.1) is 6.92 Å². The number of nitrogens with one attached hydrogen (secondary N) is 1. The average Bonchev–Trinajstić information content (AvgIpc) is 3.42. The molecule has 4 aromatic rings. The molecule has 2 heterocycles. The van der Waals surface area contributed by atoms with Crippen LogP contribution in [0.3, 0.4) is 0 Å². The summed E-state index contributed by atoms with van der Waals surface area (Å²) in [5, 5.41) is 15.3. The Labute approximate surface area is 190 Å². The summed E-state index contributed by atoms with van der Waals surface area (Å²) in [7, 11) is 1.78. The smallest absolute Gasteiger partial charge is 0.323 e. The first-order valence-electron chi connectivity index (χ1n) is 9.67. The molecule has 0 spiro atoms. The zero-order valence-corrected chi connectivity index (χ0v) is 18.4. The van der Waals surface area contributed by atoms with Gasteiger partial charge >= 0.3 is 6.18 Å². The number of amides is 1. The van der Waals surface area contributed by atoms with E-state index >= 15 is 0 Å². The topological polar surface area (TPSA) is 90.5 Å². The minimum Gasteiger partial charge on any atom is -0.323 e. The van der Waals surface area contributed by atoms with Crippen molar-refractivity contribution in [3.63, 3.8) is 0 Å². The third kappa shape index (κ3) is 5.06. The molecule has 1 amide bonds. The second-order valence-electron chi connectivity index (χ2n) is 7.14. The summed E-state index contributed by atoms with van der Waals surface area (Å²) in [6, 6.07) is 10.8. The first-order chi connectivity index (χ1) is 15.7. The molecule has 0 fully saturated rings. The monoisotopic (exact) mass is 473 g/mol. The Bertz CT molecular complexity index is 1270. The summed E-state index contributed by atoms with van der Waals surface area (Å²) in [5.41, 5.74) is 1.35. The number of nitrogens with zero attached hydrogens (tertiary/aromatic N) is 6. The van der Waals surface area contributed by atoms with Gasteiger partial charge in [0.15, 0.2) is 11.0 Å². The predicted octanol–water partition coefficient (Wildman–Crippen LogP) is 4.12. The van der Waals surface area contributed by atoms with Crippen LogP contribution in [0.2, 0.25) is 0 Å². The Morgan fingerprint density at radius 3 is 2.55 bits per heavy atom. The quantitative estimate of drug-likeness (QED) is 0.424. The number of aryl methyl sites for hydroxylation is 1. The van der Waals surface area contributed by atoms with Crippen LogP contribution in [0.5, 0.6) is 0 Å². The maximum Gasteiger partial charge on any atom is 0.416 e. The molecular formula is C21H18F3N7OS. The van der Waals surface area contributed by atoms with E-state index in [1.54, 1.807) is 11.6 Å². The molecule has 0 bridgehead atoms. The Morgan fingerprint density at radius 1 is 1.12 bits per heavy atom. The number of thioether (sulfide) groups is 1. The number of carbonyl (C=O) groups is 1. The molecule has 1 N–H and O–H groups in total. The van der Waals surface area contributed by atoms with Gasteiger partial charge in [-0.05, 0) is 25.1 Å². The zero-order chi connectivity index (χ0) is 23.6. The van der Waals surface area contributed by atoms with Crippen molar-refractivity contribution in [1.29, 1.82) is 0 Å². The number of alkyl halides is 3. The van der Waals surface area contributed by atoms with Crippen molar-refractivity contribution < 1.29 is 18.0 Å². The van der Waals surface area contributed by atoms with Gasteiger partial charge in [0.05, 0.1) is 22.7 Å². The van der Waals surface area contributed by atoms with Crippen molar-refractivity contribution in [3.8, 4) is 17.1 Å². The second kappa shape index (κ2) is 9.06. The van der Waals surface area contributed by atoms with E-state index in [1.165, 1.54) is 23.4 Å². The van der Waals surface area contributed by atoms with Crippen LogP contribution in [0.15, 0.2) is 60.3 Å². The van der Waals surface area contributed by atoms with Crippen molar-refractivity contribution in [2.45, 2.75) is 18.3 Å². The van der Waals surface area contributed by atoms with Crippen molar-refractivity contribution in [1.82, 2.24) is 29.5 Å². The summed E-state index contributed by atoms with van der Waals surface area (Å²) in [5.74, 6) is 0.0669. The summed E-state index contributed by atoms with van der Waals surface area (Å²) in [6.45, 7) is 1.99. The van der Waals surface area contributed by atoms with Crippen molar-refractivity contribution >= 4 is 23.4 Å². The maximum absolute atomic E-state index is 13.2. The van der Waals surface area contributed by atoms with Gasteiger partial charge in [-0.2, -0.15) is 18.3 Å². The highest BCUT2D eigenvalue weighted by atomic mass is 32.2. The number of carbonyl (C=O) groups excluding carboxylic acids is 1. The Balaban J connectivity index is 1.50. The minimum absolute atomic E-state index is 0.0285. The molecule has 170 valence electrons. The lowest BCUT2D eigenvalue weighted by molar-refractivity contribution is -0.137. The standard InChI is InChI=1S/C21H18F3N7OS/c1-13-3-5-14(6-4-13)19-28-29-20(30(19)2)33-10-18(32)27-16-9-15(21(22,23)24)7-8-17(16)31-12-25-11-26-31/h3-9,11-12H,10H2,1-2H3,(H,27,32). The second-order valence-corrected chi connectivity index (χ2v) is 8.08. The van der Waals surface area contributed by atoms with Crippen LogP contribution in [-0.2, 0) is 18.0 Å².